The SMILES string of the molecule is COc1ccc(NC2=C(Cl)C(=O)N(c3ccccc3C)C2=O)cc1. The van der Waals surface area contributed by atoms with Crippen LogP contribution in [-0.4, -0.2) is 18.9 Å². The molecule has 3 rings (SSSR count). The highest BCUT2D eigenvalue weighted by atomic mass is 35.5. The van der Waals surface area contributed by atoms with Gasteiger partial charge < -0.3 is 10.1 Å². The lowest BCUT2D eigenvalue weighted by atomic mass is 10.2. The van der Waals surface area contributed by atoms with Gasteiger partial charge in [0.15, 0.2) is 0 Å². The highest BCUT2D eigenvalue weighted by Gasteiger charge is 2.39. The van der Waals surface area contributed by atoms with E-state index in [-0.39, 0.29) is 10.7 Å². The van der Waals surface area contributed by atoms with Crippen LogP contribution in [0.3, 0.4) is 0 Å². The summed E-state index contributed by atoms with van der Waals surface area (Å²) < 4.78 is 5.09. The van der Waals surface area contributed by atoms with Crippen LogP contribution in [0.15, 0.2) is 59.3 Å². The Hall–Kier alpha value is -2.79. The van der Waals surface area contributed by atoms with Gasteiger partial charge in [-0.3, -0.25) is 9.59 Å². The van der Waals surface area contributed by atoms with Gasteiger partial charge in [0.1, 0.15) is 16.5 Å². The lowest BCUT2D eigenvalue weighted by molar-refractivity contribution is -0.120. The van der Waals surface area contributed by atoms with Crippen LogP contribution in [0.5, 0.6) is 5.75 Å². The number of hydrogen-bond acceptors (Lipinski definition) is 4. The standard InChI is InChI=1S/C18H15ClN2O3/c1-11-5-3-4-6-14(11)21-17(22)15(19)16(18(21)23)20-12-7-9-13(24-2)10-8-12/h3-10,20H,1-2H3. The number of nitrogens with zero attached hydrogens (tertiary/aromatic N) is 1. The molecule has 0 saturated carbocycles. The quantitative estimate of drug-likeness (QED) is 0.865. The van der Waals surface area contributed by atoms with Crippen LogP contribution in [0.25, 0.3) is 0 Å². The van der Waals surface area contributed by atoms with Crippen molar-refractivity contribution < 1.29 is 14.3 Å². The van der Waals surface area contributed by atoms with Gasteiger partial charge >= 0.3 is 0 Å². The first-order valence-corrected chi connectivity index (χ1v) is 7.66. The maximum absolute atomic E-state index is 12.7. The minimum atomic E-state index is -0.535. The van der Waals surface area contributed by atoms with Crippen molar-refractivity contribution in [2.45, 2.75) is 6.92 Å². The van der Waals surface area contributed by atoms with Gasteiger partial charge in [-0.1, -0.05) is 29.8 Å². The Bertz CT molecular complexity index is 844. The molecule has 6 heteroatoms. The molecule has 0 saturated heterocycles. The average Bonchev–Trinajstić information content (AvgIpc) is 2.80. The molecule has 24 heavy (non-hydrogen) atoms. The van der Waals surface area contributed by atoms with E-state index in [1.54, 1.807) is 43.5 Å². The van der Waals surface area contributed by atoms with Gasteiger partial charge in [0.2, 0.25) is 0 Å². The van der Waals surface area contributed by atoms with Crippen LogP contribution in [0, 0.1) is 6.92 Å². The van der Waals surface area contributed by atoms with Crippen molar-refractivity contribution in [1.29, 1.82) is 0 Å². The molecule has 5 nitrogen and oxygen atoms in total. The molecule has 0 aromatic heterocycles. The molecule has 2 aromatic carbocycles. The monoisotopic (exact) mass is 342 g/mol. The minimum Gasteiger partial charge on any atom is -0.497 e. The summed E-state index contributed by atoms with van der Waals surface area (Å²) in [6, 6.07) is 14.1. The fourth-order valence-corrected chi connectivity index (χ4v) is 2.68. The summed E-state index contributed by atoms with van der Waals surface area (Å²) in [6.45, 7) is 1.83. The van der Waals surface area contributed by atoms with Crippen molar-refractivity contribution in [3.8, 4) is 5.75 Å². The van der Waals surface area contributed by atoms with Gasteiger partial charge in [-0.2, -0.15) is 0 Å². The maximum atomic E-state index is 12.7. The van der Waals surface area contributed by atoms with Crippen molar-refractivity contribution >= 4 is 34.8 Å². The highest BCUT2D eigenvalue weighted by molar-refractivity contribution is 6.53. The number of anilines is 2. The Morgan fingerprint density at radius 3 is 2.29 bits per heavy atom. The number of imide groups is 1. The van der Waals surface area contributed by atoms with Crippen molar-refractivity contribution in [2.24, 2.45) is 0 Å². The van der Waals surface area contributed by atoms with Crippen molar-refractivity contribution in [3.63, 3.8) is 0 Å². The number of methoxy groups -OCH3 is 1. The zero-order valence-corrected chi connectivity index (χ0v) is 13.9. The molecule has 0 spiro atoms. The number of para-hydroxylation sites is 1. The normalized spacial score (nSPS) is 14.4. The summed E-state index contributed by atoms with van der Waals surface area (Å²) >= 11 is 6.11. The van der Waals surface area contributed by atoms with Gasteiger partial charge in [-0.05, 0) is 42.8 Å². The smallest absolute Gasteiger partial charge is 0.283 e. The number of hydrogen-bond donors (Lipinski definition) is 1. The molecule has 0 fully saturated rings. The number of carbonyl (C=O) groups excluding carboxylic acids is 2. The summed E-state index contributed by atoms with van der Waals surface area (Å²) in [5, 5.41) is 2.80. The molecule has 0 unspecified atom stereocenters. The first-order chi connectivity index (χ1) is 11.5. The number of ether oxygens (including phenoxy) is 1. The molecule has 0 aliphatic carbocycles. The number of aryl methyl sites for hydroxylation is 1. The fraction of sp³-hybridized carbons (Fsp3) is 0.111. The number of nitrogens with one attached hydrogen (secondary N) is 1. The van der Waals surface area contributed by atoms with Crippen LogP contribution in [0.2, 0.25) is 0 Å². The van der Waals surface area contributed by atoms with E-state index < -0.39 is 11.8 Å². The number of carbonyl (C=O) groups is 2. The Balaban J connectivity index is 1.90. The molecular formula is C18H15ClN2O3. The van der Waals surface area contributed by atoms with Crippen LogP contribution in [-0.2, 0) is 9.59 Å². The van der Waals surface area contributed by atoms with E-state index in [1.165, 1.54) is 0 Å². The largest absolute Gasteiger partial charge is 0.497 e. The first kappa shape index (κ1) is 16.1. The second kappa shape index (κ2) is 6.37. The predicted octanol–water partition coefficient (Wildman–Crippen LogP) is 3.44. The zero-order chi connectivity index (χ0) is 17.3. The van der Waals surface area contributed by atoms with Crippen LogP contribution >= 0.6 is 11.6 Å². The third-order valence-corrected chi connectivity index (χ3v) is 4.09. The molecule has 1 heterocycles. The Kier molecular flexibility index (Phi) is 4.27. The van der Waals surface area contributed by atoms with Crippen molar-refractivity contribution in [2.75, 3.05) is 17.3 Å². The van der Waals surface area contributed by atoms with Gasteiger partial charge in [0.05, 0.1) is 12.8 Å². The van der Waals surface area contributed by atoms with Gasteiger partial charge in [0.25, 0.3) is 11.8 Å². The summed E-state index contributed by atoms with van der Waals surface area (Å²) in [5.74, 6) is -0.321. The topological polar surface area (TPSA) is 58.6 Å². The third-order valence-electron chi connectivity index (χ3n) is 3.74. The molecule has 1 aliphatic rings. The molecule has 2 amide bonds. The van der Waals surface area contributed by atoms with E-state index in [9.17, 15) is 9.59 Å². The second-order valence-corrected chi connectivity index (χ2v) is 5.65. The molecule has 1 N–H and O–H groups in total. The Morgan fingerprint density at radius 2 is 1.67 bits per heavy atom. The average molecular weight is 343 g/mol. The second-order valence-electron chi connectivity index (χ2n) is 5.27. The van der Waals surface area contributed by atoms with Crippen molar-refractivity contribution in [1.82, 2.24) is 0 Å². The van der Waals surface area contributed by atoms with Crippen molar-refractivity contribution in [3.05, 3.63) is 64.8 Å². The van der Waals surface area contributed by atoms with Crippen LogP contribution in [0.1, 0.15) is 5.56 Å². The lowest BCUT2D eigenvalue weighted by Crippen LogP contribution is -2.32. The lowest BCUT2D eigenvalue weighted by Gasteiger charge is -2.17. The first-order valence-electron chi connectivity index (χ1n) is 7.28. The number of halogens is 1. The Morgan fingerprint density at radius 1 is 1.00 bits per heavy atom. The summed E-state index contributed by atoms with van der Waals surface area (Å²) in [6.07, 6.45) is 0. The number of amides is 2. The summed E-state index contributed by atoms with van der Waals surface area (Å²) in [4.78, 5) is 26.2. The van der Waals surface area contributed by atoms with Gasteiger partial charge in [0, 0.05) is 5.69 Å². The molecule has 0 radical (unpaired) electrons. The molecule has 0 bridgehead atoms. The molecule has 1 aliphatic heterocycles. The fourth-order valence-electron chi connectivity index (χ4n) is 2.46. The predicted molar refractivity (Wildman–Crippen MR) is 93.2 cm³/mol. The number of benzene rings is 2. The summed E-state index contributed by atoms with van der Waals surface area (Å²) in [7, 11) is 1.57. The van der Waals surface area contributed by atoms with E-state index in [1.807, 2.05) is 19.1 Å². The van der Waals surface area contributed by atoms with E-state index in [2.05, 4.69) is 5.32 Å². The maximum Gasteiger partial charge on any atom is 0.283 e. The van der Waals surface area contributed by atoms with Crippen LogP contribution < -0.4 is 15.0 Å². The molecule has 0 atom stereocenters. The van der Waals surface area contributed by atoms with Gasteiger partial charge in [-0.15, -0.1) is 0 Å². The zero-order valence-electron chi connectivity index (χ0n) is 13.2. The molecule has 2 aromatic rings. The van der Waals surface area contributed by atoms with E-state index >= 15 is 0 Å². The van der Waals surface area contributed by atoms with E-state index in [0.717, 1.165) is 10.5 Å². The number of rotatable bonds is 4. The Labute approximate surface area is 144 Å². The minimum absolute atomic E-state index is 0.0649. The molecule has 122 valence electrons. The van der Waals surface area contributed by atoms with Crippen LogP contribution in [0.4, 0.5) is 11.4 Å². The molecular weight excluding hydrogens is 328 g/mol. The highest BCUT2D eigenvalue weighted by Crippen LogP contribution is 2.31. The summed E-state index contributed by atoms with van der Waals surface area (Å²) in [5.41, 5.74) is 2.04. The third kappa shape index (κ3) is 2.74. The van der Waals surface area contributed by atoms with Gasteiger partial charge in [-0.25, -0.2) is 4.90 Å². The van der Waals surface area contributed by atoms with E-state index in [4.69, 9.17) is 16.3 Å². The van der Waals surface area contributed by atoms with E-state index in [0.29, 0.717) is 17.1 Å².